The van der Waals surface area contributed by atoms with Gasteiger partial charge in [-0.15, -0.1) is 0 Å². The largest absolute Gasteiger partial charge is 0.468 e. The second kappa shape index (κ2) is 6.20. The van der Waals surface area contributed by atoms with Gasteiger partial charge in [0.25, 0.3) is 0 Å². The summed E-state index contributed by atoms with van der Waals surface area (Å²) in [5.41, 5.74) is 3.09. The number of carbonyl (C=O) groups is 3. The lowest BCUT2D eigenvalue weighted by Gasteiger charge is -2.31. The Labute approximate surface area is 153 Å². The molecule has 2 aliphatic rings. The molecule has 0 unspecified atom stereocenters. The Morgan fingerprint density at radius 2 is 1.77 bits per heavy atom. The van der Waals surface area contributed by atoms with Gasteiger partial charge in [-0.3, -0.25) is 24.6 Å². The van der Waals surface area contributed by atoms with Crippen molar-refractivity contribution in [2.75, 3.05) is 14.2 Å². The average Bonchev–Trinajstić information content (AvgIpc) is 3.08. The van der Waals surface area contributed by atoms with Crippen molar-refractivity contribution in [1.29, 1.82) is 0 Å². The molecule has 2 aliphatic heterocycles. The average molecular weight is 358 g/mol. The van der Waals surface area contributed by atoms with Crippen LogP contribution in [0.15, 0.2) is 12.1 Å². The maximum absolute atomic E-state index is 12.9. The third-order valence-corrected chi connectivity index (χ3v) is 6.20. The highest BCUT2D eigenvalue weighted by Crippen LogP contribution is 2.50. The lowest BCUT2D eigenvalue weighted by molar-refractivity contribution is -0.154. The summed E-state index contributed by atoms with van der Waals surface area (Å²) in [6.45, 7) is 7.89. The monoisotopic (exact) mass is 358 g/mol. The molecule has 2 saturated heterocycles. The molecule has 1 aromatic rings. The van der Waals surface area contributed by atoms with E-state index in [1.807, 2.05) is 27.7 Å². The summed E-state index contributed by atoms with van der Waals surface area (Å²) < 4.78 is 5.03. The van der Waals surface area contributed by atoms with Gasteiger partial charge in [0.2, 0.25) is 11.8 Å². The predicted molar refractivity (Wildman–Crippen MR) is 96.3 cm³/mol. The Kier molecular flexibility index (Phi) is 4.43. The van der Waals surface area contributed by atoms with E-state index < -0.39 is 29.4 Å². The summed E-state index contributed by atoms with van der Waals surface area (Å²) in [6, 6.07) is 3.73. The summed E-state index contributed by atoms with van der Waals surface area (Å²) in [6.07, 6.45) is 0.369. The normalized spacial score (nSPS) is 30.7. The fourth-order valence-electron chi connectivity index (χ4n) is 4.57. The predicted octanol–water partition coefficient (Wildman–Crippen LogP) is 1.81. The van der Waals surface area contributed by atoms with Crippen molar-refractivity contribution in [3.8, 4) is 0 Å². The Hall–Kier alpha value is -2.21. The summed E-state index contributed by atoms with van der Waals surface area (Å²) in [5, 5.41) is 3.35. The van der Waals surface area contributed by atoms with Gasteiger partial charge in [0.15, 0.2) is 0 Å². The Bertz CT molecular complexity index is 803. The summed E-state index contributed by atoms with van der Waals surface area (Å²) in [7, 11) is 2.81. The molecule has 1 aromatic carbocycles. The van der Waals surface area contributed by atoms with Crippen LogP contribution in [-0.2, 0) is 19.1 Å². The number of ether oxygens (including phenoxy) is 1. The Balaban J connectivity index is 2.19. The van der Waals surface area contributed by atoms with E-state index in [1.165, 1.54) is 19.7 Å². The fourth-order valence-corrected chi connectivity index (χ4v) is 4.57. The van der Waals surface area contributed by atoms with Crippen LogP contribution in [0.4, 0.5) is 0 Å². The van der Waals surface area contributed by atoms with Crippen LogP contribution in [0.2, 0.25) is 0 Å². The number of nitrogens with one attached hydrogen (secondary N) is 1. The van der Waals surface area contributed by atoms with Crippen molar-refractivity contribution in [3.05, 3.63) is 34.4 Å². The SMILES string of the molecule is CC[C@]1(C(=O)OC)N[C@@H](c2cc(C)c(C)cc2C)[C@H]2C(=O)N(C)C(=O)[C@H]21. The number of fused-ring (bicyclic) bond motifs is 1. The molecule has 2 fully saturated rings. The van der Waals surface area contributed by atoms with Crippen LogP contribution in [0.3, 0.4) is 0 Å². The van der Waals surface area contributed by atoms with Crippen molar-refractivity contribution in [2.45, 2.75) is 45.7 Å². The Morgan fingerprint density at radius 3 is 2.35 bits per heavy atom. The number of nitrogens with zero attached hydrogens (tertiary/aromatic N) is 1. The van der Waals surface area contributed by atoms with Crippen LogP contribution in [0.5, 0.6) is 0 Å². The van der Waals surface area contributed by atoms with Crippen molar-refractivity contribution in [3.63, 3.8) is 0 Å². The zero-order valence-electron chi connectivity index (χ0n) is 16.2. The number of methoxy groups -OCH3 is 1. The number of likely N-dealkylation sites (tertiary alicyclic amines) is 1. The van der Waals surface area contributed by atoms with E-state index in [-0.39, 0.29) is 11.8 Å². The lowest BCUT2D eigenvalue weighted by Crippen LogP contribution is -2.55. The molecule has 2 heterocycles. The zero-order chi connectivity index (χ0) is 19.4. The van der Waals surface area contributed by atoms with Gasteiger partial charge < -0.3 is 4.74 Å². The smallest absolute Gasteiger partial charge is 0.326 e. The van der Waals surface area contributed by atoms with E-state index in [9.17, 15) is 14.4 Å². The van der Waals surface area contributed by atoms with E-state index in [0.717, 1.165) is 21.6 Å². The molecule has 6 heteroatoms. The minimum Gasteiger partial charge on any atom is -0.468 e. The zero-order valence-corrected chi connectivity index (χ0v) is 16.2. The van der Waals surface area contributed by atoms with E-state index in [2.05, 4.69) is 17.4 Å². The molecule has 140 valence electrons. The second-order valence-corrected chi connectivity index (χ2v) is 7.47. The first-order chi connectivity index (χ1) is 12.2. The first kappa shape index (κ1) is 18.6. The van der Waals surface area contributed by atoms with Crippen LogP contribution in [0.1, 0.15) is 41.6 Å². The molecule has 1 N–H and O–H groups in total. The van der Waals surface area contributed by atoms with Gasteiger partial charge in [-0.05, 0) is 49.4 Å². The molecular weight excluding hydrogens is 332 g/mol. The van der Waals surface area contributed by atoms with Gasteiger partial charge >= 0.3 is 5.97 Å². The molecule has 3 rings (SSSR count). The fraction of sp³-hybridized carbons (Fsp3) is 0.550. The highest BCUT2D eigenvalue weighted by molar-refractivity contribution is 6.09. The quantitative estimate of drug-likeness (QED) is 0.659. The maximum atomic E-state index is 12.9. The van der Waals surface area contributed by atoms with E-state index in [4.69, 9.17) is 4.74 Å². The molecule has 0 spiro atoms. The van der Waals surface area contributed by atoms with E-state index in [0.29, 0.717) is 6.42 Å². The van der Waals surface area contributed by atoms with Crippen LogP contribution in [0.25, 0.3) is 0 Å². The maximum Gasteiger partial charge on any atom is 0.326 e. The first-order valence-corrected chi connectivity index (χ1v) is 8.94. The molecule has 2 amide bonds. The number of imide groups is 1. The molecular formula is C20H26N2O4. The third-order valence-electron chi connectivity index (χ3n) is 6.20. The molecule has 0 radical (unpaired) electrons. The van der Waals surface area contributed by atoms with Gasteiger partial charge in [0, 0.05) is 13.1 Å². The summed E-state index contributed by atoms with van der Waals surface area (Å²) in [4.78, 5) is 39.5. The van der Waals surface area contributed by atoms with Crippen molar-refractivity contribution in [1.82, 2.24) is 10.2 Å². The number of aryl methyl sites for hydroxylation is 3. The molecule has 26 heavy (non-hydrogen) atoms. The standard InChI is InChI=1S/C20H26N2O4/c1-7-20(19(25)26-6)15-14(17(23)22(5)18(15)24)16(21-20)13-9-11(3)10(2)8-12(13)4/h8-9,14-16,21H,7H2,1-6H3/t14-,15-,16-,20-/m0/s1. The van der Waals surface area contributed by atoms with Crippen LogP contribution >= 0.6 is 0 Å². The number of rotatable bonds is 3. The highest BCUT2D eigenvalue weighted by atomic mass is 16.5. The van der Waals surface area contributed by atoms with Crippen LogP contribution < -0.4 is 5.32 Å². The van der Waals surface area contributed by atoms with Gasteiger partial charge in [-0.1, -0.05) is 19.1 Å². The molecule has 4 atom stereocenters. The summed E-state index contributed by atoms with van der Waals surface area (Å²) in [5.74, 6) is -2.40. The first-order valence-electron chi connectivity index (χ1n) is 8.94. The van der Waals surface area contributed by atoms with Crippen molar-refractivity contribution in [2.24, 2.45) is 11.8 Å². The van der Waals surface area contributed by atoms with Gasteiger partial charge in [-0.2, -0.15) is 0 Å². The number of hydrogen-bond acceptors (Lipinski definition) is 5. The number of carbonyl (C=O) groups excluding carboxylic acids is 3. The number of amides is 2. The second-order valence-electron chi connectivity index (χ2n) is 7.47. The van der Waals surface area contributed by atoms with Crippen molar-refractivity contribution >= 4 is 17.8 Å². The Morgan fingerprint density at radius 1 is 1.15 bits per heavy atom. The van der Waals surface area contributed by atoms with Gasteiger partial charge in [-0.25, -0.2) is 0 Å². The third kappa shape index (κ3) is 2.31. The highest BCUT2D eigenvalue weighted by Gasteiger charge is 2.67. The number of esters is 1. The molecule has 0 bridgehead atoms. The molecule has 6 nitrogen and oxygen atoms in total. The van der Waals surface area contributed by atoms with Crippen LogP contribution in [-0.4, -0.2) is 42.4 Å². The molecule has 0 aliphatic carbocycles. The van der Waals surface area contributed by atoms with Gasteiger partial charge in [0.1, 0.15) is 5.54 Å². The van der Waals surface area contributed by atoms with Crippen LogP contribution in [0, 0.1) is 32.6 Å². The topological polar surface area (TPSA) is 75.7 Å². The lowest BCUT2D eigenvalue weighted by atomic mass is 9.77. The van der Waals surface area contributed by atoms with Crippen molar-refractivity contribution < 1.29 is 19.1 Å². The molecule has 0 saturated carbocycles. The van der Waals surface area contributed by atoms with Gasteiger partial charge in [0.05, 0.1) is 18.9 Å². The minimum absolute atomic E-state index is 0.241. The number of benzene rings is 1. The summed E-state index contributed by atoms with van der Waals surface area (Å²) >= 11 is 0. The van der Waals surface area contributed by atoms with E-state index >= 15 is 0 Å². The minimum atomic E-state index is -1.19. The van der Waals surface area contributed by atoms with E-state index in [1.54, 1.807) is 0 Å². The number of hydrogen-bond donors (Lipinski definition) is 1. The molecule has 0 aromatic heterocycles.